The van der Waals surface area contributed by atoms with Crippen molar-refractivity contribution in [3.8, 4) is 0 Å². The highest BCUT2D eigenvalue weighted by atomic mass is 19.4. The fraction of sp³-hybridized carbons (Fsp3) is 0.500. The van der Waals surface area contributed by atoms with Gasteiger partial charge in [0.15, 0.2) is 5.69 Å². The zero-order valence-corrected chi connectivity index (χ0v) is 10.5. The number of nitrogens with zero attached hydrogens (tertiary/aromatic N) is 6. The van der Waals surface area contributed by atoms with Crippen molar-refractivity contribution in [2.24, 2.45) is 0 Å². The van der Waals surface area contributed by atoms with E-state index in [0.717, 1.165) is 4.68 Å². The molecule has 7 nitrogen and oxygen atoms in total. The molecule has 0 aromatic carbocycles. The van der Waals surface area contributed by atoms with Gasteiger partial charge in [-0.2, -0.15) is 22.5 Å². The number of unbranched alkanes of at least 4 members (excludes halogenated alkanes) is 1. The van der Waals surface area contributed by atoms with E-state index in [-0.39, 0.29) is 12.1 Å². The minimum atomic E-state index is -4.65. The number of aromatic nitrogens is 6. The molecule has 2 aromatic rings. The van der Waals surface area contributed by atoms with Crippen LogP contribution < -0.4 is 0 Å². The first-order valence-electron chi connectivity index (χ1n) is 5.88. The highest BCUT2D eigenvalue weighted by molar-refractivity contribution is 5.77. The maximum absolute atomic E-state index is 12.8. The van der Waals surface area contributed by atoms with Crippen LogP contribution in [0.1, 0.15) is 31.2 Å². The summed E-state index contributed by atoms with van der Waals surface area (Å²) < 4.78 is 39.9. The average molecular weight is 288 g/mol. The molecular formula is C10H11F3N6O. The molecule has 0 unspecified atom stereocenters. The van der Waals surface area contributed by atoms with Gasteiger partial charge in [0.05, 0.1) is 18.1 Å². The zero-order chi connectivity index (χ0) is 14.8. The van der Waals surface area contributed by atoms with E-state index in [9.17, 15) is 18.0 Å². The predicted molar refractivity (Wildman–Crippen MR) is 59.9 cm³/mol. The Labute approximate surface area is 111 Å². The van der Waals surface area contributed by atoms with Gasteiger partial charge in [0.2, 0.25) is 0 Å². The van der Waals surface area contributed by atoms with E-state index < -0.39 is 17.9 Å². The molecule has 0 radical (unpaired) electrons. The van der Waals surface area contributed by atoms with Crippen LogP contribution in [0.25, 0.3) is 0 Å². The molecule has 0 bridgehead atoms. The quantitative estimate of drug-likeness (QED) is 0.859. The summed E-state index contributed by atoms with van der Waals surface area (Å²) in [5.74, 6) is 0. The first kappa shape index (κ1) is 14.2. The number of hydrogen-bond acceptors (Lipinski definition) is 5. The summed E-state index contributed by atoms with van der Waals surface area (Å²) in [7, 11) is 0. The highest BCUT2D eigenvalue weighted by Crippen LogP contribution is 2.30. The van der Waals surface area contributed by atoms with E-state index in [1.165, 1.54) is 12.4 Å². The molecule has 0 atom stereocenters. The fourth-order valence-electron chi connectivity index (χ4n) is 1.65. The molecule has 0 aliphatic rings. The molecular weight excluding hydrogens is 277 g/mol. The predicted octanol–water partition coefficient (Wildman–Crippen LogP) is 1.75. The Morgan fingerprint density at radius 1 is 1.35 bits per heavy atom. The number of hydrogen-bond donors (Lipinski definition) is 0. The molecule has 0 saturated heterocycles. The van der Waals surface area contributed by atoms with Crippen LogP contribution in [0.4, 0.5) is 18.0 Å². The first-order chi connectivity index (χ1) is 9.45. The smallest absolute Gasteiger partial charge is 0.243 e. The molecule has 0 N–H and O–H groups in total. The monoisotopic (exact) mass is 288 g/mol. The maximum Gasteiger partial charge on any atom is 0.437 e. The van der Waals surface area contributed by atoms with Crippen molar-refractivity contribution in [3.63, 3.8) is 0 Å². The summed E-state index contributed by atoms with van der Waals surface area (Å²) in [5, 5.41) is 13.2. The Morgan fingerprint density at radius 3 is 2.65 bits per heavy atom. The van der Waals surface area contributed by atoms with Crippen LogP contribution in [0.3, 0.4) is 0 Å². The summed E-state index contributed by atoms with van der Waals surface area (Å²) in [6.07, 6.45) is -0.962. The van der Waals surface area contributed by atoms with E-state index in [4.69, 9.17) is 0 Å². The van der Waals surface area contributed by atoms with Crippen LogP contribution in [-0.4, -0.2) is 36.0 Å². The van der Waals surface area contributed by atoms with Crippen LogP contribution >= 0.6 is 0 Å². The van der Waals surface area contributed by atoms with E-state index in [1.807, 2.05) is 6.92 Å². The van der Waals surface area contributed by atoms with Crippen molar-refractivity contribution in [2.75, 3.05) is 0 Å². The average Bonchev–Trinajstić information content (AvgIpc) is 3.03. The van der Waals surface area contributed by atoms with E-state index in [0.29, 0.717) is 17.5 Å². The lowest BCUT2D eigenvalue weighted by molar-refractivity contribution is -0.141. The third-order valence-electron chi connectivity index (χ3n) is 2.60. The molecule has 108 valence electrons. The van der Waals surface area contributed by atoms with Crippen LogP contribution in [0.2, 0.25) is 0 Å². The first-order valence-corrected chi connectivity index (χ1v) is 5.88. The van der Waals surface area contributed by atoms with Gasteiger partial charge >= 0.3 is 12.2 Å². The van der Waals surface area contributed by atoms with Crippen molar-refractivity contribution < 1.29 is 18.0 Å². The van der Waals surface area contributed by atoms with Gasteiger partial charge in [-0.05, 0) is 12.8 Å². The number of carbonyl (C=O) groups is 1. The van der Waals surface area contributed by atoms with Gasteiger partial charge in [0.1, 0.15) is 0 Å². The Bertz CT molecular complexity index is 589. The molecule has 0 saturated carbocycles. The lowest BCUT2D eigenvalue weighted by Crippen LogP contribution is -2.24. The second-order valence-corrected chi connectivity index (χ2v) is 4.03. The van der Waals surface area contributed by atoms with E-state index >= 15 is 0 Å². The number of carbonyl (C=O) groups excluding carboxylic acids is 1. The standard InChI is InChI=1S/C10H11F3N6O/c1-2-3-4-7-8(10(11,12)13)15-17-19(7)9(20)18-6-5-14-16-18/h5-6H,2-4H2,1H3. The molecule has 0 fully saturated rings. The summed E-state index contributed by atoms with van der Waals surface area (Å²) in [6, 6.07) is -0.850. The molecule has 2 rings (SSSR count). The Kier molecular flexibility index (Phi) is 3.81. The van der Waals surface area contributed by atoms with Gasteiger partial charge in [-0.3, -0.25) is 0 Å². The van der Waals surface area contributed by atoms with Crippen LogP contribution in [0.15, 0.2) is 12.4 Å². The van der Waals surface area contributed by atoms with Crippen LogP contribution in [-0.2, 0) is 12.6 Å². The van der Waals surface area contributed by atoms with Gasteiger partial charge in [-0.15, -0.1) is 10.2 Å². The SMILES string of the molecule is CCCCc1c(C(F)(F)F)nnn1C(=O)n1ccnn1. The lowest BCUT2D eigenvalue weighted by Gasteiger charge is -2.07. The van der Waals surface area contributed by atoms with E-state index in [1.54, 1.807) is 0 Å². The molecule has 0 aliphatic heterocycles. The topological polar surface area (TPSA) is 78.5 Å². The fourth-order valence-corrected chi connectivity index (χ4v) is 1.65. The summed E-state index contributed by atoms with van der Waals surface area (Å²) >= 11 is 0. The van der Waals surface area contributed by atoms with Crippen molar-refractivity contribution in [1.29, 1.82) is 0 Å². The second-order valence-electron chi connectivity index (χ2n) is 4.03. The van der Waals surface area contributed by atoms with Crippen molar-refractivity contribution in [3.05, 3.63) is 23.8 Å². The summed E-state index contributed by atoms with van der Waals surface area (Å²) in [6.45, 7) is 1.83. The molecule has 10 heteroatoms. The van der Waals surface area contributed by atoms with Crippen molar-refractivity contribution >= 4 is 6.03 Å². The summed E-state index contributed by atoms with van der Waals surface area (Å²) in [5.41, 5.74) is -1.40. The Balaban J connectivity index is 2.42. The highest BCUT2D eigenvalue weighted by Gasteiger charge is 2.39. The van der Waals surface area contributed by atoms with Crippen molar-refractivity contribution in [2.45, 2.75) is 32.4 Å². The molecule has 0 spiro atoms. The maximum atomic E-state index is 12.8. The van der Waals surface area contributed by atoms with Gasteiger partial charge in [0, 0.05) is 0 Å². The van der Waals surface area contributed by atoms with E-state index in [2.05, 4.69) is 20.6 Å². The van der Waals surface area contributed by atoms with Gasteiger partial charge < -0.3 is 0 Å². The van der Waals surface area contributed by atoms with Crippen LogP contribution in [0, 0.1) is 0 Å². The number of rotatable bonds is 3. The summed E-state index contributed by atoms with van der Waals surface area (Å²) in [4.78, 5) is 12.0. The van der Waals surface area contributed by atoms with Gasteiger partial charge in [0.25, 0.3) is 0 Å². The lowest BCUT2D eigenvalue weighted by atomic mass is 10.1. The second kappa shape index (κ2) is 5.39. The number of alkyl halides is 3. The zero-order valence-electron chi connectivity index (χ0n) is 10.5. The minimum absolute atomic E-state index is 0.0543. The molecule has 0 aliphatic carbocycles. The molecule has 2 aromatic heterocycles. The van der Waals surface area contributed by atoms with Gasteiger partial charge in [-0.1, -0.05) is 23.8 Å². The Hall–Kier alpha value is -2.26. The van der Waals surface area contributed by atoms with Crippen molar-refractivity contribution in [1.82, 2.24) is 30.0 Å². The Morgan fingerprint density at radius 2 is 2.10 bits per heavy atom. The largest absolute Gasteiger partial charge is 0.437 e. The molecule has 0 amide bonds. The van der Waals surface area contributed by atoms with Gasteiger partial charge in [-0.25, -0.2) is 4.79 Å². The minimum Gasteiger partial charge on any atom is -0.243 e. The third-order valence-corrected chi connectivity index (χ3v) is 2.60. The molecule has 2 heterocycles. The van der Waals surface area contributed by atoms with Crippen LogP contribution in [0.5, 0.6) is 0 Å². The molecule has 20 heavy (non-hydrogen) atoms. The third kappa shape index (κ3) is 2.68. The number of halogens is 3. The normalized spacial score (nSPS) is 11.8.